The second-order valence-corrected chi connectivity index (χ2v) is 8.28. The maximum absolute atomic E-state index is 14.0. The first-order valence-electron chi connectivity index (χ1n) is 8.51. The minimum Gasteiger partial charge on any atom is -0.464 e. The number of carbonyl (C=O) groups is 1. The van der Waals surface area contributed by atoms with Crippen LogP contribution >= 0.6 is 0 Å². The number of halogens is 1. The van der Waals surface area contributed by atoms with Crippen LogP contribution in [0.3, 0.4) is 0 Å². The molecule has 27 heavy (non-hydrogen) atoms. The van der Waals surface area contributed by atoms with Gasteiger partial charge in [-0.2, -0.15) is 4.31 Å². The van der Waals surface area contributed by atoms with E-state index in [0.29, 0.717) is 24.5 Å². The quantitative estimate of drug-likeness (QED) is 0.738. The Morgan fingerprint density at radius 2 is 1.78 bits per heavy atom. The van der Waals surface area contributed by atoms with Crippen LogP contribution in [0.15, 0.2) is 35.2 Å². The second-order valence-electron chi connectivity index (χ2n) is 6.37. The van der Waals surface area contributed by atoms with E-state index >= 15 is 0 Å². The summed E-state index contributed by atoms with van der Waals surface area (Å²) in [7, 11) is -0.895. The predicted octanol–water partition coefficient (Wildman–Crippen LogP) is 1.77. The number of para-hydroxylation sites is 1. The summed E-state index contributed by atoms with van der Waals surface area (Å²) in [4.78, 5) is 13.8. The molecule has 2 heterocycles. The fraction of sp³-hybridized carbons (Fsp3) is 0.389. The fourth-order valence-corrected chi connectivity index (χ4v) is 4.94. The highest BCUT2D eigenvalue weighted by Crippen LogP contribution is 2.26. The molecule has 1 aromatic heterocycles. The topological polar surface area (TPSA) is 71.8 Å². The van der Waals surface area contributed by atoms with Gasteiger partial charge in [0.2, 0.25) is 10.0 Å². The first-order chi connectivity index (χ1) is 12.8. The van der Waals surface area contributed by atoms with Crippen molar-refractivity contribution in [3.63, 3.8) is 0 Å². The molecule has 7 nitrogen and oxygen atoms in total. The highest BCUT2D eigenvalue weighted by molar-refractivity contribution is 7.89. The van der Waals surface area contributed by atoms with E-state index in [1.165, 1.54) is 28.1 Å². The molecule has 0 bridgehead atoms. The molecule has 0 saturated carbocycles. The third-order valence-corrected chi connectivity index (χ3v) is 6.95. The van der Waals surface area contributed by atoms with Crippen LogP contribution in [0.5, 0.6) is 0 Å². The van der Waals surface area contributed by atoms with Gasteiger partial charge >= 0.3 is 5.97 Å². The Morgan fingerprint density at radius 1 is 1.15 bits per heavy atom. The van der Waals surface area contributed by atoms with Crippen molar-refractivity contribution in [1.29, 1.82) is 0 Å². The van der Waals surface area contributed by atoms with Crippen molar-refractivity contribution in [3.8, 4) is 0 Å². The predicted molar refractivity (Wildman–Crippen MR) is 98.9 cm³/mol. The zero-order valence-corrected chi connectivity index (χ0v) is 16.3. The van der Waals surface area contributed by atoms with Crippen molar-refractivity contribution in [2.24, 2.45) is 7.05 Å². The number of hydrogen-bond acceptors (Lipinski definition) is 5. The normalized spacial score (nSPS) is 15.8. The number of carbonyl (C=O) groups excluding carboxylic acids is 1. The Balaban J connectivity index is 1.82. The third-order valence-electron chi connectivity index (χ3n) is 4.93. The van der Waals surface area contributed by atoms with Crippen LogP contribution in [0.2, 0.25) is 0 Å². The minimum absolute atomic E-state index is 0.0877. The molecule has 2 aromatic rings. The zero-order chi connectivity index (χ0) is 19.8. The van der Waals surface area contributed by atoms with E-state index < -0.39 is 16.0 Å². The molecule has 0 amide bonds. The van der Waals surface area contributed by atoms with Gasteiger partial charge in [-0.3, -0.25) is 0 Å². The van der Waals surface area contributed by atoms with Gasteiger partial charge < -0.3 is 14.2 Å². The molecule has 0 spiro atoms. The lowest BCUT2D eigenvalue weighted by Crippen LogP contribution is -2.49. The molecule has 1 aliphatic rings. The first kappa shape index (κ1) is 19.4. The Morgan fingerprint density at radius 3 is 2.37 bits per heavy atom. The summed E-state index contributed by atoms with van der Waals surface area (Å²) >= 11 is 0. The van der Waals surface area contributed by atoms with Gasteiger partial charge in [-0.05, 0) is 25.1 Å². The number of aromatic nitrogens is 1. The van der Waals surface area contributed by atoms with Crippen LogP contribution in [0.1, 0.15) is 16.2 Å². The Labute approximate surface area is 158 Å². The fourth-order valence-electron chi connectivity index (χ4n) is 3.25. The largest absolute Gasteiger partial charge is 0.464 e. The molecular weight excluding hydrogens is 373 g/mol. The maximum atomic E-state index is 14.0. The Kier molecular flexibility index (Phi) is 5.25. The van der Waals surface area contributed by atoms with Crippen molar-refractivity contribution in [1.82, 2.24) is 8.87 Å². The summed E-state index contributed by atoms with van der Waals surface area (Å²) in [6.45, 7) is 2.89. The SMILES string of the molecule is COC(=O)c1cc(S(=O)(=O)N2CCN(c3ccccc3F)CC2)c(C)n1C. The highest BCUT2D eigenvalue weighted by atomic mass is 32.2. The van der Waals surface area contributed by atoms with E-state index in [9.17, 15) is 17.6 Å². The van der Waals surface area contributed by atoms with Crippen LogP contribution in [-0.4, -0.2) is 56.5 Å². The summed E-state index contributed by atoms with van der Waals surface area (Å²) in [5, 5.41) is 0. The first-order valence-corrected chi connectivity index (χ1v) is 9.95. The monoisotopic (exact) mass is 395 g/mol. The number of anilines is 1. The molecule has 0 unspecified atom stereocenters. The summed E-state index contributed by atoms with van der Waals surface area (Å²) < 4.78 is 47.7. The highest BCUT2D eigenvalue weighted by Gasteiger charge is 2.33. The van der Waals surface area contributed by atoms with Gasteiger partial charge in [0.05, 0.1) is 12.8 Å². The molecule has 0 N–H and O–H groups in total. The molecule has 0 aliphatic carbocycles. The Hall–Kier alpha value is -2.39. The average Bonchev–Trinajstić information content (AvgIpc) is 2.97. The summed E-state index contributed by atoms with van der Waals surface area (Å²) in [6, 6.07) is 7.79. The number of esters is 1. The number of sulfonamides is 1. The second kappa shape index (κ2) is 7.32. The van der Waals surface area contributed by atoms with Gasteiger partial charge in [-0.1, -0.05) is 12.1 Å². The molecule has 0 atom stereocenters. The van der Waals surface area contributed by atoms with E-state index in [2.05, 4.69) is 0 Å². The number of hydrogen-bond donors (Lipinski definition) is 0. The third kappa shape index (κ3) is 3.44. The van der Waals surface area contributed by atoms with Crippen LogP contribution in [0.4, 0.5) is 10.1 Å². The smallest absolute Gasteiger partial charge is 0.354 e. The van der Waals surface area contributed by atoms with Crippen LogP contribution in [0.25, 0.3) is 0 Å². The Bertz CT molecular complexity index is 963. The van der Waals surface area contributed by atoms with E-state index in [0.717, 1.165) is 0 Å². The molecule has 3 rings (SSSR count). The summed E-state index contributed by atoms with van der Waals surface area (Å²) in [5.74, 6) is -0.915. The van der Waals surface area contributed by atoms with Gasteiger partial charge in [-0.15, -0.1) is 0 Å². The summed E-state index contributed by atoms with van der Waals surface area (Å²) in [5.41, 5.74) is 1.11. The van der Waals surface area contributed by atoms with Gasteiger partial charge in [0, 0.05) is 38.9 Å². The van der Waals surface area contributed by atoms with Crippen molar-refractivity contribution in [3.05, 3.63) is 47.5 Å². The lowest BCUT2D eigenvalue weighted by Gasteiger charge is -2.35. The molecule has 0 radical (unpaired) electrons. The molecule has 1 fully saturated rings. The number of methoxy groups -OCH3 is 1. The van der Waals surface area contributed by atoms with E-state index in [1.807, 2.05) is 4.90 Å². The van der Waals surface area contributed by atoms with Crippen LogP contribution < -0.4 is 4.90 Å². The van der Waals surface area contributed by atoms with Gasteiger partial charge in [0.15, 0.2) is 0 Å². The molecular formula is C18H22FN3O4S. The number of benzene rings is 1. The van der Waals surface area contributed by atoms with E-state index in [-0.39, 0.29) is 29.5 Å². The number of rotatable bonds is 4. The van der Waals surface area contributed by atoms with Gasteiger partial charge in [0.25, 0.3) is 0 Å². The number of nitrogens with zero attached hydrogens (tertiary/aromatic N) is 3. The van der Waals surface area contributed by atoms with Gasteiger partial charge in [0.1, 0.15) is 16.4 Å². The molecule has 1 aliphatic heterocycles. The lowest BCUT2D eigenvalue weighted by molar-refractivity contribution is 0.0589. The van der Waals surface area contributed by atoms with E-state index in [1.54, 1.807) is 32.2 Å². The summed E-state index contributed by atoms with van der Waals surface area (Å²) in [6.07, 6.45) is 0. The average molecular weight is 395 g/mol. The lowest BCUT2D eigenvalue weighted by atomic mass is 10.2. The molecule has 1 aromatic carbocycles. The molecule has 146 valence electrons. The maximum Gasteiger partial charge on any atom is 0.354 e. The van der Waals surface area contributed by atoms with Crippen LogP contribution in [-0.2, 0) is 21.8 Å². The number of ether oxygens (including phenoxy) is 1. The van der Waals surface area contributed by atoms with Crippen molar-refractivity contribution < 1.29 is 22.3 Å². The zero-order valence-electron chi connectivity index (χ0n) is 15.5. The minimum atomic E-state index is -3.77. The molecule has 1 saturated heterocycles. The van der Waals surface area contributed by atoms with Crippen molar-refractivity contribution in [2.45, 2.75) is 11.8 Å². The van der Waals surface area contributed by atoms with E-state index in [4.69, 9.17) is 4.74 Å². The van der Waals surface area contributed by atoms with Crippen molar-refractivity contribution >= 4 is 21.7 Å². The molecule has 9 heteroatoms. The van der Waals surface area contributed by atoms with Crippen LogP contribution in [0, 0.1) is 12.7 Å². The van der Waals surface area contributed by atoms with Crippen molar-refractivity contribution in [2.75, 3.05) is 38.2 Å². The van der Waals surface area contributed by atoms with Gasteiger partial charge in [-0.25, -0.2) is 17.6 Å². The number of piperazine rings is 1. The standard InChI is InChI=1S/C18H22FN3O4S/c1-13-17(12-16(20(13)2)18(23)26-3)27(24,25)22-10-8-21(9-11-22)15-7-5-4-6-14(15)19/h4-7,12H,8-11H2,1-3H3.